The maximum absolute atomic E-state index is 11.3. The van der Waals surface area contributed by atoms with Gasteiger partial charge in [0.15, 0.2) is 0 Å². The van der Waals surface area contributed by atoms with Gasteiger partial charge in [-0.3, -0.25) is 4.79 Å². The number of carbonyl (C=O) groups is 1. The number of hydrogen-bond acceptors (Lipinski definition) is 3. The number of ether oxygens (including phenoxy) is 1. The molecule has 0 spiro atoms. The molecule has 4 heteroatoms. The van der Waals surface area contributed by atoms with Gasteiger partial charge in [0, 0.05) is 13.0 Å². The molecule has 18 heavy (non-hydrogen) atoms. The van der Waals surface area contributed by atoms with E-state index in [1.165, 1.54) is 25.7 Å². The van der Waals surface area contributed by atoms with Gasteiger partial charge in [-0.15, -0.1) is 0 Å². The molecule has 0 saturated heterocycles. The molecule has 0 aromatic carbocycles. The second kappa shape index (κ2) is 7.10. The van der Waals surface area contributed by atoms with Gasteiger partial charge in [0.1, 0.15) is 5.54 Å². The third kappa shape index (κ3) is 4.58. The van der Waals surface area contributed by atoms with Crippen LogP contribution in [0.15, 0.2) is 0 Å². The smallest absolute Gasteiger partial charge is 0.323 e. The monoisotopic (exact) mass is 257 g/mol. The van der Waals surface area contributed by atoms with Gasteiger partial charge in [0.25, 0.3) is 0 Å². The molecule has 0 heterocycles. The van der Waals surface area contributed by atoms with Crippen LogP contribution in [0.25, 0.3) is 0 Å². The van der Waals surface area contributed by atoms with Gasteiger partial charge < -0.3 is 15.2 Å². The summed E-state index contributed by atoms with van der Waals surface area (Å²) in [5.41, 5.74) is -0.885. The Morgan fingerprint density at radius 1 is 1.50 bits per heavy atom. The Kier molecular flexibility index (Phi) is 6.09. The summed E-state index contributed by atoms with van der Waals surface area (Å²) in [6, 6.07) is 0. The van der Waals surface area contributed by atoms with E-state index in [1.807, 2.05) is 13.8 Å². The van der Waals surface area contributed by atoms with E-state index >= 15 is 0 Å². The maximum Gasteiger partial charge on any atom is 0.323 e. The molecule has 1 fully saturated rings. The van der Waals surface area contributed by atoms with Gasteiger partial charge in [0.2, 0.25) is 0 Å². The van der Waals surface area contributed by atoms with E-state index in [1.54, 1.807) is 6.92 Å². The highest BCUT2D eigenvalue weighted by Gasteiger charge is 2.34. The molecule has 1 aliphatic rings. The second-order valence-electron chi connectivity index (χ2n) is 5.67. The lowest BCUT2D eigenvalue weighted by Gasteiger charge is -2.29. The van der Waals surface area contributed by atoms with Crippen molar-refractivity contribution in [1.29, 1.82) is 0 Å². The number of aliphatic carboxylic acids is 1. The van der Waals surface area contributed by atoms with Crippen molar-refractivity contribution in [2.45, 2.75) is 64.5 Å². The number of carboxylic acid groups (broad SMARTS) is 1. The Hall–Kier alpha value is -0.610. The third-order valence-corrected chi connectivity index (χ3v) is 3.83. The summed E-state index contributed by atoms with van der Waals surface area (Å²) in [7, 11) is 0. The molecule has 1 rings (SSSR count). The molecule has 0 radical (unpaired) electrons. The van der Waals surface area contributed by atoms with Crippen LogP contribution < -0.4 is 5.32 Å². The predicted octanol–water partition coefficient (Wildman–Crippen LogP) is 2.42. The van der Waals surface area contributed by atoms with Crippen molar-refractivity contribution in [3.05, 3.63) is 0 Å². The summed E-state index contributed by atoms with van der Waals surface area (Å²) in [5.74, 6) is -0.122. The third-order valence-electron chi connectivity index (χ3n) is 3.83. The van der Waals surface area contributed by atoms with Crippen molar-refractivity contribution in [3.8, 4) is 0 Å². The maximum atomic E-state index is 11.3. The predicted molar refractivity (Wildman–Crippen MR) is 71.7 cm³/mol. The fourth-order valence-electron chi connectivity index (χ4n) is 2.74. The topological polar surface area (TPSA) is 58.6 Å². The summed E-state index contributed by atoms with van der Waals surface area (Å²) in [5, 5.41) is 12.3. The van der Waals surface area contributed by atoms with Crippen molar-refractivity contribution < 1.29 is 14.6 Å². The van der Waals surface area contributed by atoms with Gasteiger partial charge in [0.05, 0.1) is 6.10 Å². The summed E-state index contributed by atoms with van der Waals surface area (Å²) in [6.07, 6.45) is 5.62. The molecule has 1 aliphatic carbocycles. The Bertz CT molecular complexity index is 264. The molecule has 0 aliphatic heterocycles. The standard InChI is InChI=1S/C14H27NO3/c1-4-15-14(3,13(16)17)9-11(2)18-10-12-7-5-6-8-12/h11-12,15H,4-10H2,1-3H3,(H,16,17). The minimum Gasteiger partial charge on any atom is -0.480 e. The Labute approximate surface area is 110 Å². The van der Waals surface area contributed by atoms with Crippen molar-refractivity contribution in [3.63, 3.8) is 0 Å². The first-order chi connectivity index (χ1) is 8.48. The van der Waals surface area contributed by atoms with Gasteiger partial charge in [-0.25, -0.2) is 0 Å². The van der Waals surface area contributed by atoms with E-state index in [-0.39, 0.29) is 6.10 Å². The average molecular weight is 257 g/mol. The molecule has 4 nitrogen and oxygen atoms in total. The summed E-state index contributed by atoms with van der Waals surface area (Å²) in [6.45, 7) is 7.05. The molecule has 1 saturated carbocycles. The SMILES string of the molecule is CCNC(C)(CC(C)OCC1CCCC1)C(=O)O. The highest BCUT2D eigenvalue weighted by atomic mass is 16.5. The lowest BCUT2D eigenvalue weighted by molar-refractivity contribution is -0.146. The van der Waals surface area contributed by atoms with Crippen molar-refractivity contribution >= 4 is 5.97 Å². The molecule has 0 aromatic rings. The van der Waals surface area contributed by atoms with Crippen LogP contribution in [0.1, 0.15) is 52.9 Å². The first kappa shape index (κ1) is 15.4. The molecular formula is C14H27NO3. The van der Waals surface area contributed by atoms with Crippen LogP contribution in [0.4, 0.5) is 0 Å². The number of carboxylic acids is 1. The molecule has 2 atom stereocenters. The van der Waals surface area contributed by atoms with Gasteiger partial charge in [-0.05, 0) is 39.2 Å². The largest absolute Gasteiger partial charge is 0.480 e. The van der Waals surface area contributed by atoms with Crippen LogP contribution in [0.2, 0.25) is 0 Å². The van der Waals surface area contributed by atoms with E-state index in [9.17, 15) is 9.90 Å². The van der Waals surface area contributed by atoms with E-state index in [0.717, 1.165) is 6.61 Å². The molecule has 106 valence electrons. The zero-order valence-corrected chi connectivity index (χ0v) is 11.9. The van der Waals surface area contributed by atoms with Crippen LogP contribution in [-0.2, 0) is 9.53 Å². The number of likely N-dealkylation sites (N-methyl/N-ethyl adjacent to an activating group) is 1. The Balaban J connectivity index is 2.35. The van der Waals surface area contributed by atoms with Crippen LogP contribution in [0.5, 0.6) is 0 Å². The van der Waals surface area contributed by atoms with Crippen molar-refractivity contribution in [1.82, 2.24) is 5.32 Å². The molecule has 2 N–H and O–H groups in total. The van der Waals surface area contributed by atoms with Gasteiger partial charge >= 0.3 is 5.97 Å². The Morgan fingerprint density at radius 2 is 2.11 bits per heavy atom. The van der Waals surface area contributed by atoms with E-state index in [2.05, 4.69) is 5.32 Å². The van der Waals surface area contributed by atoms with E-state index in [4.69, 9.17) is 4.74 Å². The molecular weight excluding hydrogens is 230 g/mol. The van der Waals surface area contributed by atoms with Crippen LogP contribution in [0.3, 0.4) is 0 Å². The quantitative estimate of drug-likeness (QED) is 0.701. The van der Waals surface area contributed by atoms with Crippen LogP contribution in [-0.4, -0.2) is 35.9 Å². The number of rotatable bonds is 8. The molecule has 2 unspecified atom stereocenters. The lowest BCUT2D eigenvalue weighted by atomic mass is 9.94. The highest BCUT2D eigenvalue weighted by Crippen LogP contribution is 2.25. The van der Waals surface area contributed by atoms with Gasteiger partial charge in [-0.1, -0.05) is 19.8 Å². The fourth-order valence-corrected chi connectivity index (χ4v) is 2.74. The average Bonchev–Trinajstić information content (AvgIpc) is 2.79. The fraction of sp³-hybridized carbons (Fsp3) is 0.929. The molecule has 0 bridgehead atoms. The highest BCUT2D eigenvalue weighted by molar-refractivity contribution is 5.78. The minimum atomic E-state index is -0.885. The summed E-state index contributed by atoms with van der Waals surface area (Å²) in [4.78, 5) is 11.3. The number of nitrogens with one attached hydrogen (secondary N) is 1. The molecule has 0 amide bonds. The van der Waals surface area contributed by atoms with E-state index in [0.29, 0.717) is 18.9 Å². The van der Waals surface area contributed by atoms with Crippen LogP contribution in [0, 0.1) is 5.92 Å². The van der Waals surface area contributed by atoms with Crippen molar-refractivity contribution in [2.24, 2.45) is 5.92 Å². The first-order valence-electron chi connectivity index (χ1n) is 7.08. The zero-order chi connectivity index (χ0) is 13.6. The minimum absolute atomic E-state index is 0.0225. The normalized spacial score (nSPS) is 21.7. The second-order valence-corrected chi connectivity index (χ2v) is 5.67. The molecule has 0 aromatic heterocycles. The zero-order valence-electron chi connectivity index (χ0n) is 11.9. The van der Waals surface area contributed by atoms with Crippen LogP contribution >= 0.6 is 0 Å². The van der Waals surface area contributed by atoms with Crippen molar-refractivity contribution in [2.75, 3.05) is 13.2 Å². The number of hydrogen-bond donors (Lipinski definition) is 2. The van der Waals surface area contributed by atoms with Gasteiger partial charge in [-0.2, -0.15) is 0 Å². The lowest BCUT2D eigenvalue weighted by Crippen LogP contribution is -2.51. The summed E-state index contributed by atoms with van der Waals surface area (Å²) < 4.78 is 5.81. The summed E-state index contributed by atoms with van der Waals surface area (Å²) >= 11 is 0. The van der Waals surface area contributed by atoms with E-state index < -0.39 is 11.5 Å². The Morgan fingerprint density at radius 3 is 2.61 bits per heavy atom. The first-order valence-corrected chi connectivity index (χ1v) is 7.08.